The Bertz CT molecular complexity index is 1220. The Kier molecular flexibility index (Phi) is 4.87. The van der Waals surface area contributed by atoms with Crippen molar-refractivity contribution in [3.8, 4) is 5.75 Å². The van der Waals surface area contributed by atoms with Gasteiger partial charge in [0.05, 0.1) is 11.8 Å². The largest absolute Gasteiger partial charge is 0.439 e. The smallest absolute Gasteiger partial charge is 0.374 e. The van der Waals surface area contributed by atoms with Crippen LogP contribution in [0.5, 0.6) is 5.75 Å². The standard InChI is InChI=1S/C25H24ClN2O2/c1-3-27-19-9-5-7-11-21(19)29-23(27)15-17-13-14-18(25(17)26)16-24-28(4-2)20-10-6-8-12-22(20)30-24/h5-12,15-16H,3-4,13-14H2,1-2H3/q+1. The van der Waals surface area contributed by atoms with Crippen molar-refractivity contribution >= 4 is 34.5 Å². The van der Waals surface area contributed by atoms with Crippen LogP contribution in [0.25, 0.3) is 17.2 Å². The first-order valence-corrected chi connectivity index (χ1v) is 10.8. The molecular weight excluding hydrogens is 396 g/mol. The Hall–Kier alpha value is -2.98. The number of para-hydroxylation sites is 4. The number of oxazole rings is 1. The molecule has 0 radical (unpaired) electrons. The normalized spacial score (nSPS) is 18.7. The van der Waals surface area contributed by atoms with Gasteiger partial charge in [-0.2, -0.15) is 4.57 Å². The minimum Gasteiger partial charge on any atom is -0.439 e. The van der Waals surface area contributed by atoms with Crippen molar-refractivity contribution in [2.45, 2.75) is 33.2 Å². The second-order valence-electron chi connectivity index (χ2n) is 7.46. The van der Waals surface area contributed by atoms with Crippen molar-refractivity contribution < 1.29 is 13.7 Å². The van der Waals surface area contributed by atoms with Gasteiger partial charge in [-0.15, -0.1) is 0 Å². The van der Waals surface area contributed by atoms with Gasteiger partial charge in [0.15, 0.2) is 5.75 Å². The van der Waals surface area contributed by atoms with Crippen molar-refractivity contribution in [1.29, 1.82) is 0 Å². The monoisotopic (exact) mass is 419 g/mol. The molecular formula is C25H24ClN2O2+. The molecule has 0 N–H and O–H groups in total. The van der Waals surface area contributed by atoms with Gasteiger partial charge in [-0.1, -0.05) is 35.9 Å². The number of hydrogen-bond acceptors (Lipinski definition) is 3. The van der Waals surface area contributed by atoms with Crippen LogP contribution in [0.15, 0.2) is 81.1 Å². The molecule has 152 valence electrons. The third kappa shape index (κ3) is 3.12. The minimum absolute atomic E-state index is 0.793. The first kappa shape index (κ1) is 19.0. The molecule has 5 rings (SSSR count). The summed E-state index contributed by atoms with van der Waals surface area (Å²) in [5.41, 5.74) is 5.29. The van der Waals surface area contributed by atoms with Crippen molar-refractivity contribution in [2.24, 2.45) is 0 Å². The fraction of sp³-hybridized carbons (Fsp3) is 0.240. The molecule has 0 bridgehead atoms. The summed E-state index contributed by atoms with van der Waals surface area (Å²) >= 11 is 6.81. The average Bonchev–Trinajstić information content (AvgIpc) is 3.42. The number of hydrogen-bond donors (Lipinski definition) is 0. The van der Waals surface area contributed by atoms with Crippen molar-refractivity contribution in [3.63, 3.8) is 0 Å². The summed E-state index contributed by atoms with van der Waals surface area (Å²) in [6.45, 7) is 5.93. The number of allylic oxidation sites excluding steroid dienone is 4. The van der Waals surface area contributed by atoms with E-state index in [1.54, 1.807) is 0 Å². The molecule has 4 nitrogen and oxygen atoms in total. The van der Waals surface area contributed by atoms with Crippen LogP contribution in [0.1, 0.15) is 32.6 Å². The summed E-state index contributed by atoms with van der Waals surface area (Å²) in [7, 11) is 0. The van der Waals surface area contributed by atoms with Crippen LogP contribution in [0.4, 0.5) is 5.69 Å². The number of ether oxygens (including phenoxy) is 1. The maximum absolute atomic E-state index is 6.81. The number of aromatic nitrogens is 1. The fourth-order valence-corrected chi connectivity index (χ4v) is 4.54. The zero-order valence-electron chi connectivity index (χ0n) is 17.2. The van der Waals surface area contributed by atoms with E-state index in [4.69, 9.17) is 20.8 Å². The second kappa shape index (κ2) is 7.69. The summed E-state index contributed by atoms with van der Waals surface area (Å²) in [6.07, 6.45) is 5.94. The fourth-order valence-electron chi connectivity index (χ4n) is 4.24. The number of rotatable bonds is 4. The molecule has 0 unspecified atom stereocenters. The van der Waals surface area contributed by atoms with Gasteiger partial charge in [-0.3, -0.25) is 0 Å². The van der Waals surface area contributed by atoms with Crippen LogP contribution in [0.2, 0.25) is 0 Å². The Morgan fingerprint density at radius 1 is 1.03 bits per heavy atom. The lowest BCUT2D eigenvalue weighted by molar-refractivity contribution is -0.674. The summed E-state index contributed by atoms with van der Waals surface area (Å²) in [5.74, 6) is 2.56. The molecule has 0 saturated carbocycles. The van der Waals surface area contributed by atoms with Crippen molar-refractivity contribution in [3.05, 3.63) is 82.6 Å². The summed E-state index contributed by atoms with van der Waals surface area (Å²) in [5, 5.41) is 0.793. The lowest BCUT2D eigenvalue weighted by Crippen LogP contribution is -2.33. The summed E-state index contributed by atoms with van der Waals surface area (Å²) < 4.78 is 14.4. The molecule has 1 aliphatic carbocycles. The molecule has 1 aliphatic heterocycles. The van der Waals surface area contributed by atoms with E-state index in [-0.39, 0.29) is 0 Å². The zero-order chi connectivity index (χ0) is 20.7. The van der Waals surface area contributed by atoms with Gasteiger partial charge in [-0.05, 0) is 56.0 Å². The SMILES string of the molecule is CCN1C(=CC2=C(Cl)C(=Cc3oc4ccccc4[n+]3CC)CC2)Oc2ccccc21. The molecule has 5 heteroatoms. The van der Waals surface area contributed by atoms with E-state index in [1.165, 1.54) is 0 Å². The van der Waals surface area contributed by atoms with Gasteiger partial charge in [0.2, 0.25) is 11.5 Å². The number of anilines is 1. The highest BCUT2D eigenvalue weighted by Gasteiger charge is 2.27. The van der Waals surface area contributed by atoms with E-state index in [1.807, 2.05) is 36.4 Å². The van der Waals surface area contributed by atoms with E-state index in [2.05, 4.69) is 47.6 Å². The van der Waals surface area contributed by atoms with Gasteiger partial charge in [0.25, 0.3) is 5.52 Å². The molecule has 0 atom stereocenters. The van der Waals surface area contributed by atoms with Gasteiger partial charge in [-0.25, -0.2) is 0 Å². The number of benzene rings is 2. The quantitative estimate of drug-likeness (QED) is 0.473. The second-order valence-corrected chi connectivity index (χ2v) is 7.84. The maximum Gasteiger partial charge on any atom is 0.374 e. The Balaban J connectivity index is 1.50. The molecule has 3 aromatic rings. The maximum atomic E-state index is 6.81. The van der Waals surface area contributed by atoms with Gasteiger partial charge in [0, 0.05) is 23.7 Å². The topological polar surface area (TPSA) is 29.5 Å². The predicted molar refractivity (Wildman–Crippen MR) is 120 cm³/mol. The number of fused-ring (bicyclic) bond motifs is 2. The van der Waals surface area contributed by atoms with Crippen LogP contribution >= 0.6 is 11.6 Å². The number of halogens is 1. The Morgan fingerprint density at radius 3 is 2.67 bits per heavy atom. The highest BCUT2D eigenvalue weighted by Crippen LogP contribution is 2.41. The third-order valence-electron chi connectivity index (χ3n) is 5.73. The van der Waals surface area contributed by atoms with E-state index < -0.39 is 0 Å². The first-order valence-electron chi connectivity index (χ1n) is 10.5. The zero-order valence-corrected chi connectivity index (χ0v) is 17.9. The highest BCUT2D eigenvalue weighted by atomic mass is 35.5. The number of aryl methyl sites for hydroxylation is 1. The van der Waals surface area contributed by atoms with Crippen molar-refractivity contribution in [1.82, 2.24) is 0 Å². The minimum atomic E-state index is 0.793. The molecule has 2 aromatic carbocycles. The molecule has 2 aliphatic rings. The van der Waals surface area contributed by atoms with Crippen LogP contribution in [-0.2, 0) is 6.54 Å². The Labute approximate surface area is 181 Å². The number of nitrogens with zero attached hydrogens (tertiary/aromatic N) is 2. The van der Waals surface area contributed by atoms with Gasteiger partial charge < -0.3 is 14.1 Å². The van der Waals surface area contributed by atoms with Crippen LogP contribution in [-0.4, -0.2) is 6.54 Å². The molecule has 0 spiro atoms. The van der Waals surface area contributed by atoms with E-state index in [0.29, 0.717) is 0 Å². The first-order chi connectivity index (χ1) is 14.7. The highest BCUT2D eigenvalue weighted by molar-refractivity contribution is 6.33. The van der Waals surface area contributed by atoms with E-state index >= 15 is 0 Å². The van der Waals surface area contributed by atoms with Gasteiger partial charge in [0.1, 0.15) is 6.54 Å². The molecule has 1 aromatic heterocycles. The lowest BCUT2D eigenvalue weighted by atomic mass is 10.2. The molecule has 30 heavy (non-hydrogen) atoms. The molecule has 2 heterocycles. The predicted octanol–water partition coefficient (Wildman–Crippen LogP) is 6.17. The van der Waals surface area contributed by atoms with Crippen LogP contribution in [0.3, 0.4) is 0 Å². The lowest BCUT2D eigenvalue weighted by Gasteiger charge is -2.15. The summed E-state index contributed by atoms with van der Waals surface area (Å²) in [6, 6.07) is 16.2. The van der Waals surface area contributed by atoms with Crippen molar-refractivity contribution in [2.75, 3.05) is 11.4 Å². The molecule has 0 fully saturated rings. The Morgan fingerprint density at radius 2 is 1.83 bits per heavy atom. The van der Waals surface area contributed by atoms with Crippen LogP contribution < -0.4 is 14.2 Å². The summed E-state index contributed by atoms with van der Waals surface area (Å²) in [4.78, 5) is 2.18. The van der Waals surface area contributed by atoms with Crippen LogP contribution in [0, 0.1) is 0 Å². The average molecular weight is 420 g/mol. The van der Waals surface area contributed by atoms with E-state index in [0.717, 1.165) is 76.4 Å². The molecule has 0 amide bonds. The third-order valence-corrected chi connectivity index (χ3v) is 6.21. The van der Waals surface area contributed by atoms with Gasteiger partial charge >= 0.3 is 5.89 Å². The molecule has 0 saturated heterocycles. The van der Waals surface area contributed by atoms with E-state index in [9.17, 15) is 0 Å².